The van der Waals surface area contributed by atoms with Gasteiger partial charge in [0.15, 0.2) is 0 Å². The first-order chi connectivity index (χ1) is 11.9. The summed E-state index contributed by atoms with van der Waals surface area (Å²) in [6, 6.07) is 18.3. The zero-order valence-electron chi connectivity index (χ0n) is 13.5. The van der Waals surface area contributed by atoms with Crippen LogP contribution in [0, 0.1) is 0 Å². The van der Waals surface area contributed by atoms with E-state index in [1.54, 1.807) is 0 Å². The third-order valence-electron chi connectivity index (χ3n) is 4.27. The molecule has 5 nitrogen and oxygen atoms in total. The summed E-state index contributed by atoms with van der Waals surface area (Å²) in [5.41, 5.74) is 3.28. The molecule has 5 heteroatoms. The molecule has 0 unspecified atom stereocenters. The first-order valence-electron chi connectivity index (χ1n) is 8.35. The lowest BCUT2D eigenvalue weighted by Crippen LogP contribution is -2.17. The summed E-state index contributed by atoms with van der Waals surface area (Å²) in [7, 11) is 0. The van der Waals surface area contributed by atoms with Crippen LogP contribution in [-0.2, 0) is 6.54 Å². The predicted octanol–water partition coefficient (Wildman–Crippen LogP) is 3.95. The third-order valence-corrected chi connectivity index (χ3v) is 4.27. The van der Waals surface area contributed by atoms with Gasteiger partial charge in [-0.1, -0.05) is 18.2 Å². The van der Waals surface area contributed by atoms with Crippen LogP contribution in [0.5, 0.6) is 0 Å². The molecular weight excluding hydrogens is 300 g/mol. The SMILES string of the molecule is c1ccc(-c2nnc(CNc3ccc(N4CCCC4)cc3)o2)cc1. The van der Waals surface area contributed by atoms with Crippen molar-refractivity contribution in [1.82, 2.24) is 10.2 Å². The van der Waals surface area contributed by atoms with Crippen LogP contribution in [0.25, 0.3) is 11.5 Å². The van der Waals surface area contributed by atoms with Crippen LogP contribution in [0.1, 0.15) is 18.7 Å². The van der Waals surface area contributed by atoms with E-state index < -0.39 is 0 Å². The summed E-state index contributed by atoms with van der Waals surface area (Å²) in [5.74, 6) is 1.13. The summed E-state index contributed by atoms with van der Waals surface area (Å²) < 4.78 is 5.70. The van der Waals surface area contributed by atoms with Gasteiger partial charge in [0.25, 0.3) is 0 Å². The highest BCUT2D eigenvalue weighted by molar-refractivity contribution is 5.55. The van der Waals surface area contributed by atoms with Crippen molar-refractivity contribution in [3.63, 3.8) is 0 Å². The molecule has 24 heavy (non-hydrogen) atoms. The van der Waals surface area contributed by atoms with E-state index in [1.165, 1.54) is 18.5 Å². The Kier molecular flexibility index (Phi) is 4.14. The first kappa shape index (κ1) is 14.8. The molecule has 1 aromatic heterocycles. The van der Waals surface area contributed by atoms with E-state index in [2.05, 4.69) is 44.7 Å². The Morgan fingerprint density at radius 1 is 0.917 bits per heavy atom. The maximum Gasteiger partial charge on any atom is 0.247 e. The van der Waals surface area contributed by atoms with Crippen LogP contribution in [0.2, 0.25) is 0 Å². The molecular formula is C19H20N4O. The molecule has 1 aliphatic rings. The van der Waals surface area contributed by atoms with E-state index in [4.69, 9.17) is 4.42 Å². The van der Waals surface area contributed by atoms with E-state index in [1.807, 2.05) is 30.3 Å². The van der Waals surface area contributed by atoms with E-state index in [-0.39, 0.29) is 0 Å². The molecule has 1 fully saturated rings. The van der Waals surface area contributed by atoms with Crippen molar-refractivity contribution >= 4 is 11.4 Å². The molecule has 0 amide bonds. The zero-order valence-corrected chi connectivity index (χ0v) is 13.5. The number of aromatic nitrogens is 2. The predicted molar refractivity (Wildman–Crippen MR) is 94.9 cm³/mol. The number of rotatable bonds is 5. The number of hydrogen-bond donors (Lipinski definition) is 1. The van der Waals surface area contributed by atoms with E-state index >= 15 is 0 Å². The lowest BCUT2D eigenvalue weighted by Gasteiger charge is -2.17. The van der Waals surface area contributed by atoms with Gasteiger partial charge in [0.05, 0.1) is 6.54 Å². The number of nitrogens with one attached hydrogen (secondary N) is 1. The number of benzene rings is 2. The summed E-state index contributed by atoms with van der Waals surface area (Å²) in [6.45, 7) is 2.84. The quantitative estimate of drug-likeness (QED) is 0.771. The van der Waals surface area contributed by atoms with Crippen molar-refractivity contribution in [2.45, 2.75) is 19.4 Å². The molecule has 1 N–H and O–H groups in total. The largest absolute Gasteiger partial charge is 0.419 e. The van der Waals surface area contributed by atoms with E-state index in [0.717, 1.165) is 24.3 Å². The molecule has 1 aliphatic heterocycles. The maximum absolute atomic E-state index is 5.70. The average Bonchev–Trinajstić information content (AvgIpc) is 3.33. The van der Waals surface area contributed by atoms with Crippen molar-refractivity contribution < 1.29 is 4.42 Å². The van der Waals surface area contributed by atoms with Crippen LogP contribution in [0.3, 0.4) is 0 Å². The highest BCUT2D eigenvalue weighted by Gasteiger charge is 2.12. The topological polar surface area (TPSA) is 54.2 Å². The number of nitrogens with zero attached hydrogens (tertiary/aromatic N) is 3. The first-order valence-corrected chi connectivity index (χ1v) is 8.35. The van der Waals surface area contributed by atoms with Gasteiger partial charge >= 0.3 is 0 Å². The summed E-state index contributed by atoms with van der Waals surface area (Å²) in [4.78, 5) is 2.42. The minimum atomic E-state index is 0.517. The van der Waals surface area contributed by atoms with Crippen molar-refractivity contribution in [2.75, 3.05) is 23.3 Å². The van der Waals surface area contributed by atoms with Crippen molar-refractivity contribution in [3.8, 4) is 11.5 Å². The van der Waals surface area contributed by atoms with Gasteiger partial charge < -0.3 is 14.6 Å². The fraction of sp³-hybridized carbons (Fsp3) is 0.263. The average molecular weight is 320 g/mol. The van der Waals surface area contributed by atoms with E-state index in [9.17, 15) is 0 Å². The summed E-state index contributed by atoms with van der Waals surface area (Å²) in [6.07, 6.45) is 2.59. The van der Waals surface area contributed by atoms with Gasteiger partial charge in [0.1, 0.15) is 0 Å². The number of hydrogen-bond acceptors (Lipinski definition) is 5. The monoisotopic (exact) mass is 320 g/mol. The molecule has 0 atom stereocenters. The summed E-state index contributed by atoms with van der Waals surface area (Å²) >= 11 is 0. The fourth-order valence-corrected chi connectivity index (χ4v) is 2.97. The van der Waals surface area contributed by atoms with Gasteiger partial charge in [0, 0.05) is 30.0 Å². The Morgan fingerprint density at radius 2 is 1.67 bits per heavy atom. The van der Waals surface area contributed by atoms with Crippen molar-refractivity contribution in [1.29, 1.82) is 0 Å². The Bertz CT molecular complexity index is 777. The smallest absolute Gasteiger partial charge is 0.247 e. The lowest BCUT2D eigenvalue weighted by molar-refractivity contribution is 0.515. The second-order valence-electron chi connectivity index (χ2n) is 5.96. The Labute approximate surface area is 141 Å². The van der Waals surface area contributed by atoms with Crippen LogP contribution in [-0.4, -0.2) is 23.3 Å². The molecule has 0 bridgehead atoms. The van der Waals surface area contributed by atoms with E-state index in [0.29, 0.717) is 18.3 Å². The molecule has 1 saturated heterocycles. The summed E-state index contributed by atoms with van der Waals surface area (Å²) in [5, 5.41) is 11.5. The van der Waals surface area contributed by atoms with Crippen LogP contribution in [0.15, 0.2) is 59.0 Å². The molecule has 0 spiro atoms. The molecule has 122 valence electrons. The molecule has 3 aromatic rings. The third kappa shape index (κ3) is 3.25. The molecule has 0 saturated carbocycles. The minimum absolute atomic E-state index is 0.517. The van der Waals surface area contributed by atoms with Gasteiger partial charge in [0.2, 0.25) is 11.8 Å². The molecule has 0 radical (unpaired) electrons. The minimum Gasteiger partial charge on any atom is -0.419 e. The Hall–Kier alpha value is -2.82. The van der Waals surface area contributed by atoms with Gasteiger partial charge in [-0.3, -0.25) is 0 Å². The molecule has 4 rings (SSSR count). The van der Waals surface area contributed by atoms with Crippen LogP contribution >= 0.6 is 0 Å². The number of anilines is 2. The van der Waals surface area contributed by atoms with Gasteiger partial charge in [-0.15, -0.1) is 10.2 Å². The standard InChI is InChI=1S/C19H20N4O/c1-2-6-15(7-3-1)19-22-21-18(24-19)14-20-16-8-10-17(11-9-16)23-12-4-5-13-23/h1-3,6-11,20H,4-5,12-14H2. The highest BCUT2D eigenvalue weighted by atomic mass is 16.4. The Morgan fingerprint density at radius 3 is 2.42 bits per heavy atom. The van der Waals surface area contributed by atoms with Crippen LogP contribution < -0.4 is 10.2 Å². The van der Waals surface area contributed by atoms with Gasteiger partial charge in [-0.05, 0) is 49.2 Å². The molecule has 2 heterocycles. The zero-order chi connectivity index (χ0) is 16.2. The van der Waals surface area contributed by atoms with Gasteiger partial charge in [-0.25, -0.2) is 0 Å². The molecule has 0 aliphatic carbocycles. The highest BCUT2D eigenvalue weighted by Crippen LogP contribution is 2.22. The second-order valence-corrected chi connectivity index (χ2v) is 5.96. The van der Waals surface area contributed by atoms with Crippen molar-refractivity contribution in [2.24, 2.45) is 0 Å². The normalized spacial score (nSPS) is 14.1. The lowest BCUT2D eigenvalue weighted by atomic mass is 10.2. The Balaban J connectivity index is 1.37. The maximum atomic E-state index is 5.70. The second kappa shape index (κ2) is 6.74. The van der Waals surface area contributed by atoms with Crippen LogP contribution in [0.4, 0.5) is 11.4 Å². The van der Waals surface area contributed by atoms with Gasteiger partial charge in [-0.2, -0.15) is 0 Å². The molecule has 2 aromatic carbocycles. The fourth-order valence-electron chi connectivity index (χ4n) is 2.97. The van der Waals surface area contributed by atoms with Crippen molar-refractivity contribution in [3.05, 3.63) is 60.5 Å².